The molecule has 2 aromatic carbocycles. The van der Waals surface area contributed by atoms with E-state index in [1.807, 2.05) is 31.2 Å². The first kappa shape index (κ1) is 22.2. The van der Waals surface area contributed by atoms with Crippen LogP contribution >= 0.6 is 11.3 Å². The number of anilines is 1. The summed E-state index contributed by atoms with van der Waals surface area (Å²) >= 11 is 0.705. The van der Waals surface area contributed by atoms with Gasteiger partial charge in [0.25, 0.3) is 5.91 Å². The minimum absolute atomic E-state index is 0.0214. The Balaban J connectivity index is 1.65. The summed E-state index contributed by atoms with van der Waals surface area (Å²) in [6.45, 7) is 1.94. The van der Waals surface area contributed by atoms with E-state index in [9.17, 15) is 23.7 Å². The van der Waals surface area contributed by atoms with E-state index in [1.165, 1.54) is 29.1 Å². The number of thiophene rings is 1. The summed E-state index contributed by atoms with van der Waals surface area (Å²) in [6.07, 6.45) is 1.45. The summed E-state index contributed by atoms with van der Waals surface area (Å²) in [6, 6.07) is 13.0. The molecule has 0 fully saturated rings. The van der Waals surface area contributed by atoms with Gasteiger partial charge in [-0.2, -0.15) is 5.10 Å². The van der Waals surface area contributed by atoms with Gasteiger partial charge < -0.3 is 5.32 Å². The van der Waals surface area contributed by atoms with Gasteiger partial charge in [-0.25, -0.2) is 23.4 Å². The van der Waals surface area contributed by atoms with Gasteiger partial charge in [0.05, 0.1) is 32.6 Å². The van der Waals surface area contributed by atoms with E-state index in [1.54, 1.807) is 0 Å². The number of nitro groups is 1. The van der Waals surface area contributed by atoms with Crippen LogP contribution in [-0.2, 0) is 0 Å². The van der Waals surface area contributed by atoms with Crippen LogP contribution in [-0.4, -0.2) is 30.6 Å². The molecule has 1 amide bonds. The molecule has 0 bridgehead atoms. The average Bonchev–Trinajstić information content (AvgIpc) is 3.48. The first-order chi connectivity index (χ1) is 16.8. The van der Waals surface area contributed by atoms with Crippen LogP contribution in [0.1, 0.15) is 15.2 Å². The number of aryl methyl sites for hydroxylation is 1. The smallest absolute Gasteiger partial charge is 0.305 e. The van der Waals surface area contributed by atoms with E-state index in [0.29, 0.717) is 28.5 Å². The second-order valence-corrected chi connectivity index (χ2v) is 8.56. The monoisotopic (exact) mass is 492 g/mol. The molecule has 1 N–H and O–H groups in total. The number of hydrogen-bond acceptors (Lipinski definition) is 7. The summed E-state index contributed by atoms with van der Waals surface area (Å²) in [5.74, 6) is -2.36. The highest BCUT2D eigenvalue weighted by Crippen LogP contribution is 2.30. The van der Waals surface area contributed by atoms with Gasteiger partial charge in [-0.05, 0) is 37.3 Å². The van der Waals surface area contributed by atoms with E-state index in [0.717, 1.165) is 11.6 Å². The molecule has 5 rings (SSSR count). The normalized spacial score (nSPS) is 11.1. The molecule has 0 aliphatic carbocycles. The highest BCUT2D eigenvalue weighted by molar-refractivity contribution is 7.17. The van der Waals surface area contributed by atoms with E-state index in [2.05, 4.69) is 20.4 Å². The maximum absolute atomic E-state index is 14.6. The molecule has 0 atom stereocenters. The lowest BCUT2D eigenvalue weighted by atomic mass is 10.2. The molecule has 0 radical (unpaired) electrons. The lowest BCUT2D eigenvalue weighted by Crippen LogP contribution is -2.13. The predicted molar refractivity (Wildman–Crippen MR) is 126 cm³/mol. The van der Waals surface area contributed by atoms with Gasteiger partial charge in [0.1, 0.15) is 17.5 Å². The van der Waals surface area contributed by atoms with E-state index >= 15 is 0 Å². The molecule has 0 spiro atoms. The minimum atomic E-state index is -0.878. The molecule has 174 valence electrons. The van der Waals surface area contributed by atoms with Gasteiger partial charge in [0.2, 0.25) is 0 Å². The quantitative estimate of drug-likeness (QED) is 0.263. The molecule has 35 heavy (non-hydrogen) atoms. The van der Waals surface area contributed by atoms with Crippen LogP contribution in [0.25, 0.3) is 28.1 Å². The maximum Gasteiger partial charge on any atom is 0.324 e. The van der Waals surface area contributed by atoms with Crippen molar-refractivity contribution in [1.29, 1.82) is 0 Å². The van der Waals surface area contributed by atoms with Crippen molar-refractivity contribution in [3.05, 3.63) is 93.0 Å². The van der Waals surface area contributed by atoms with Gasteiger partial charge in [-0.15, -0.1) is 0 Å². The molecule has 0 aliphatic heterocycles. The molecule has 3 heterocycles. The molecule has 3 aromatic heterocycles. The average molecular weight is 492 g/mol. The van der Waals surface area contributed by atoms with Crippen molar-refractivity contribution in [1.82, 2.24) is 19.7 Å². The highest BCUT2D eigenvalue weighted by Gasteiger charge is 2.21. The number of hydrogen-bond donors (Lipinski definition) is 1. The Kier molecular flexibility index (Phi) is 5.49. The van der Waals surface area contributed by atoms with E-state index < -0.39 is 22.5 Å². The predicted octanol–water partition coefficient (Wildman–Crippen LogP) is 5.29. The number of aromatic nitrogens is 4. The lowest BCUT2D eigenvalue weighted by Gasteiger charge is -2.10. The van der Waals surface area contributed by atoms with Gasteiger partial charge in [-0.3, -0.25) is 14.9 Å². The third-order valence-corrected chi connectivity index (χ3v) is 6.14. The summed E-state index contributed by atoms with van der Waals surface area (Å²) < 4.78 is 29.6. The van der Waals surface area contributed by atoms with Crippen LogP contribution in [0.5, 0.6) is 0 Å². The highest BCUT2D eigenvalue weighted by atomic mass is 32.1. The van der Waals surface area contributed by atoms with Gasteiger partial charge in [0.15, 0.2) is 11.5 Å². The standard InChI is InChI=1S/C23H14F2N6O3S/c1-12-2-5-14(6-3-12)30-22-16(11-26-30)21(29-23(32)18-8-9-19(35-18)31(33)34)27-20(28-22)15-7-4-13(24)10-17(15)25/h2-11H,1H3,(H,27,28,29,32). The molecule has 0 unspecified atom stereocenters. The second-order valence-electron chi connectivity index (χ2n) is 7.50. The van der Waals surface area contributed by atoms with E-state index in [4.69, 9.17) is 0 Å². The third-order valence-electron chi connectivity index (χ3n) is 5.11. The number of nitrogens with one attached hydrogen (secondary N) is 1. The van der Waals surface area contributed by atoms with Crippen LogP contribution in [0.2, 0.25) is 0 Å². The number of rotatable bonds is 5. The molecule has 0 saturated carbocycles. The Morgan fingerprint density at radius 3 is 2.54 bits per heavy atom. The van der Waals surface area contributed by atoms with Crippen LogP contribution in [0.4, 0.5) is 19.6 Å². The molecule has 0 saturated heterocycles. The minimum Gasteiger partial charge on any atom is -0.305 e. The number of nitrogens with zero attached hydrogens (tertiary/aromatic N) is 5. The van der Waals surface area contributed by atoms with Gasteiger partial charge in [-0.1, -0.05) is 29.0 Å². The molecule has 5 aromatic rings. The Morgan fingerprint density at radius 2 is 1.86 bits per heavy atom. The Labute approximate surface area is 199 Å². The van der Waals surface area contributed by atoms with Crippen molar-refractivity contribution in [3.63, 3.8) is 0 Å². The fraction of sp³-hybridized carbons (Fsp3) is 0.0435. The zero-order chi connectivity index (χ0) is 24.7. The van der Waals surface area contributed by atoms with Crippen molar-refractivity contribution in [2.45, 2.75) is 6.92 Å². The van der Waals surface area contributed by atoms with Crippen LogP contribution in [0.3, 0.4) is 0 Å². The molecule has 9 nitrogen and oxygen atoms in total. The molecule has 12 heteroatoms. The molecular formula is C23H14F2N6O3S. The second kappa shape index (κ2) is 8.65. The summed E-state index contributed by atoms with van der Waals surface area (Å²) in [7, 11) is 0. The molecule has 0 aliphatic rings. The SMILES string of the molecule is Cc1ccc(-n2ncc3c(NC(=O)c4ccc([N+](=O)[O-])s4)nc(-c4ccc(F)cc4F)nc32)cc1. The largest absolute Gasteiger partial charge is 0.324 e. The Bertz CT molecular complexity index is 1610. The number of carbonyl (C=O) groups is 1. The Morgan fingerprint density at radius 1 is 1.09 bits per heavy atom. The van der Waals surface area contributed by atoms with Crippen molar-refractivity contribution >= 4 is 39.1 Å². The van der Waals surface area contributed by atoms with E-state index in [-0.39, 0.29) is 32.7 Å². The first-order valence-corrected chi connectivity index (χ1v) is 11.0. The number of carbonyl (C=O) groups excluding carboxylic acids is 1. The summed E-state index contributed by atoms with van der Waals surface area (Å²) in [5, 5.41) is 18.1. The zero-order valence-corrected chi connectivity index (χ0v) is 18.7. The van der Waals surface area contributed by atoms with Crippen molar-refractivity contribution < 1.29 is 18.5 Å². The first-order valence-electron chi connectivity index (χ1n) is 10.1. The topological polar surface area (TPSA) is 116 Å². The van der Waals surface area contributed by atoms with Gasteiger partial charge in [0, 0.05) is 12.1 Å². The maximum atomic E-state index is 14.6. The number of amides is 1. The fourth-order valence-corrected chi connectivity index (χ4v) is 4.10. The number of fused-ring (bicyclic) bond motifs is 1. The lowest BCUT2D eigenvalue weighted by molar-refractivity contribution is -0.380. The van der Waals surface area contributed by atoms with Crippen molar-refractivity contribution in [2.24, 2.45) is 0 Å². The van der Waals surface area contributed by atoms with Crippen LogP contribution in [0.15, 0.2) is 60.8 Å². The molecular weight excluding hydrogens is 478 g/mol. The zero-order valence-electron chi connectivity index (χ0n) is 17.9. The number of benzene rings is 2. The van der Waals surface area contributed by atoms with Gasteiger partial charge >= 0.3 is 5.00 Å². The number of halogens is 2. The van der Waals surface area contributed by atoms with Crippen molar-refractivity contribution in [3.8, 4) is 17.1 Å². The van der Waals surface area contributed by atoms with Crippen LogP contribution in [0, 0.1) is 28.7 Å². The summed E-state index contributed by atoms with van der Waals surface area (Å²) in [4.78, 5) is 32.1. The van der Waals surface area contributed by atoms with Crippen LogP contribution < -0.4 is 5.32 Å². The Hall–Kier alpha value is -4.58. The third kappa shape index (κ3) is 4.22. The van der Waals surface area contributed by atoms with Crippen molar-refractivity contribution in [2.75, 3.05) is 5.32 Å². The summed E-state index contributed by atoms with van der Waals surface area (Å²) in [5.41, 5.74) is 1.90. The fourth-order valence-electron chi connectivity index (χ4n) is 3.39.